The molecular weight excluding hydrogens is 287 g/mol. The Bertz CT molecular complexity index is 564. The number of hydrogen-bond acceptors (Lipinski definition) is 3. The van der Waals surface area contributed by atoms with Gasteiger partial charge in [-0.1, -0.05) is 5.57 Å². The summed E-state index contributed by atoms with van der Waals surface area (Å²) < 4.78 is 44.2. The number of halogens is 3. The van der Waals surface area contributed by atoms with Crippen molar-refractivity contribution < 1.29 is 27.5 Å². The van der Waals surface area contributed by atoms with E-state index in [4.69, 9.17) is 0 Å². The number of carbonyl (C=O) groups is 2. The van der Waals surface area contributed by atoms with Crippen LogP contribution in [0.25, 0.3) is 0 Å². The smallest absolute Gasteiger partial charge is 0.328 e. The van der Waals surface area contributed by atoms with Crippen LogP contribution in [0.15, 0.2) is 24.3 Å². The van der Waals surface area contributed by atoms with Crippen molar-refractivity contribution in [2.45, 2.75) is 19.4 Å². The quantitative estimate of drug-likeness (QED) is 0.671. The molecule has 0 aliphatic heterocycles. The maximum atomic E-state index is 13.5. The standard InChI is InChI=1S/C14H14F3NO3/c1-7(2)4-11(14(20)21-3)18-13(19)12-9(16)5-8(15)6-10(12)17/h5-6,11H,1,4H2,2-3H3,(H,18,19)/t11-/m1/s1. The van der Waals surface area contributed by atoms with E-state index < -0.39 is 40.9 Å². The Kier molecular flexibility index (Phi) is 5.52. The second-order valence-corrected chi connectivity index (χ2v) is 4.45. The third kappa shape index (κ3) is 4.34. The van der Waals surface area contributed by atoms with Crippen LogP contribution in [0.1, 0.15) is 23.7 Å². The lowest BCUT2D eigenvalue weighted by molar-refractivity contribution is -0.142. The molecule has 0 fully saturated rings. The van der Waals surface area contributed by atoms with Crippen LogP contribution in [0.2, 0.25) is 0 Å². The minimum absolute atomic E-state index is 0.0445. The van der Waals surface area contributed by atoms with E-state index in [2.05, 4.69) is 16.6 Å². The first-order valence-corrected chi connectivity index (χ1v) is 5.93. The topological polar surface area (TPSA) is 55.4 Å². The molecular formula is C14H14F3NO3. The lowest BCUT2D eigenvalue weighted by atomic mass is 10.1. The van der Waals surface area contributed by atoms with Gasteiger partial charge in [0.25, 0.3) is 5.91 Å². The molecule has 0 bridgehead atoms. The van der Waals surface area contributed by atoms with Crippen LogP contribution in [-0.2, 0) is 9.53 Å². The Labute approximate surface area is 119 Å². The predicted molar refractivity (Wildman–Crippen MR) is 69.0 cm³/mol. The average molecular weight is 301 g/mol. The van der Waals surface area contributed by atoms with E-state index in [0.29, 0.717) is 17.7 Å². The Morgan fingerprint density at radius 1 is 1.29 bits per heavy atom. The summed E-state index contributed by atoms with van der Waals surface area (Å²) in [5, 5.41) is 2.14. The number of amides is 1. The number of rotatable bonds is 5. The second kappa shape index (κ2) is 6.92. The summed E-state index contributed by atoms with van der Waals surface area (Å²) in [5.41, 5.74) is -0.405. The zero-order valence-corrected chi connectivity index (χ0v) is 11.5. The molecule has 21 heavy (non-hydrogen) atoms. The minimum atomic E-state index is -1.36. The number of nitrogens with one attached hydrogen (secondary N) is 1. The third-order valence-electron chi connectivity index (χ3n) is 2.58. The van der Waals surface area contributed by atoms with E-state index in [9.17, 15) is 22.8 Å². The maximum absolute atomic E-state index is 13.5. The molecule has 1 atom stereocenters. The molecule has 0 unspecified atom stereocenters. The fourth-order valence-corrected chi connectivity index (χ4v) is 1.67. The van der Waals surface area contributed by atoms with Crippen molar-refractivity contribution in [3.05, 3.63) is 47.3 Å². The first-order valence-electron chi connectivity index (χ1n) is 5.93. The fourth-order valence-electron chi connectivity index (χ4n) is 1.67. The van der Waals surface area contributed by atoms with Gasteiger partial charge in [0.15, 0.2) is 0 Å². The van der Waals surface area contributed by atoms with Gasteiger partial charge in [0.05, 0.1) is 7.11 Å². The molecule has 1 amide bonds. The summed E-state index contributed by atoms with van der Waals surface area (Å²) in [6.07, 6.45) is 0.0445. The number of benzene rings is 1. The molecule has 0 heterocycles. The molecule has 0 aromatic heterocycles. The number of hydrogen-bond donors (Lipinski definition) is 1. The van der Waals surface area contributed by atoms with Gasteiger partial charge in [0.1, 0.15) is 29.1 Å². The summed E-state index contributed by atoms with van der Waals surface area (Å²) in [4.78, 5) is 23.4. The van der Waals surface area contributed by atoms with Crippen molar-refractivity contribution in [1.82, 2.24) is 5.32 Å². The summed E-state index contributed by atoms with van der Waals surface area (Å²) in [5.74, 6) is -5.82. The molecule has 1 aromatic carbocycles. The van der Waals surface area contributed by atoms with E-state index in [1.807, 2.05) is 0 Å². The number of methoxy groups -OCH3 is 1. The van der Waals surface area contributed by atoms with E-state index in [0.717, 1.165) is 7.11 Å². The minimum Gasteiger partial charge on any atom is -0.467 e. The SMILES string of the molecule is C=C(C)C[C@@H](NC(=O)c1c(F)cc(F)cc1F)C(=O)OC. The lowest BCUT2D eigenvalue weighted by Gasteiger charge is -2.17. The van der Waals surface area contributed by atoms with Crippen LogP contribution in [0.4, 0.5) is 13.2 Å². The molecule has 1 aromatic rings. The van der Waals surface area contributed by atoms with Gasteiger partial charge < -0.3 is 10.1 Å². The van der Waals surface area contributed by atoms with Crippen molar-refractivity contribution in [1.29, 1.82) is 0 Å². The summed E-state index contributed by atoms with van der Waals surface area (Å²) in [6, 6.07) is -0.378. The van der Waals surface area contributed by atoms with Crippen LogP contribution in [0.3, 0.4) is 0 Å². The average Bonchev–Trinajstić information content (AvgIpc) is 2.35. The molecule has 114 valence electrons. The Morgan fingerprint density at radius 2 is 1.81 bits per heavy atom. The number of esters is 1. The lowest BCUT2D eigenvalue weighted by Crippen LogP contribution is -2.42. The number of ether oxygens (including phenoxy) is 1. The second-order valence-electron chi connectivity index (χ2n) is 4.45. The van der Waals surface area contributed by atoms with Gasteiger partial charge in [-0.25, -0.2) is 18.0 Å². The first-order chi connectivity index (χ1) is 9.76. The van der Waals surface area contributed by atoms with E-state index in [-0.39, 0.29) is 6.42 Å². The van der Waals surface area contributed by atoms with Crippen LogP contribution in [-0.4, -0.2) is 25.0 Å². The van der Waals surface area contributed by atoms with E-state index in [1.54, 1.807) is 6.92 Å². The first kappa shape index (κ1) is 16.7. The van der Waals surface area contributed by atoms with Crippen molar-refractivity contribution in [2.75, 3.05) is 7.11 Å². The highest BCUT2D eigenvalue weighted by atomic mass is 19.1. The molecule has 0 saturated heterocycles. The zero-order chi connectivity index (χ0) is 16.2. The van der Waals surface area contributed by atoms with Crippen molar-refractivity contribution in [2.24, 2.45) is 0 Å². The summed E-state index contributed by atoms with van der Waals surface area (Å²) >= 11 is 0. The highest BCUT2D eigenvalue weighted by molar-refractivity contribution is 5.97. The molecule has 0 radical (unpaired) electrons. The maximum Gasteiger partial charge on any atom is 0.328 e. The van der Waals surface area contributed by atoms with Gasteiger partial charge in [-0.3, -0.25) is 4.79 Å². The fraction of sp³-hybridized carbons (Fsp3) is 0.286. The van der Waals surface area contributed by atoms with Gasteiger partial charge in [0.2, 0.25) is 0 Å². The highest BCUT2D eigenvalue weighted by Gasteiger charge is 2.26. The Morgan fingerprint density at radius 3 is 2.24 bits per heavy atom. The monoisotopic (exact) mass is 301 g/mol. The molecule has 1 N–H and O–H groups in total. The predicted octanol–water partition coefficient (Wildman–Crippen LogP) is 2.34. The molecule has 0 spiro atoms. The van der Waals surface area contributed by atoms with Crippen molar-refractivity contribution in [3.8, 4) is 0 Å². The van der Waals surface area contributed by atoms with Crippen LogP contribution in [0.5, 0.6) is 0 Å². The van der Waals surface area contributed by atoms with E-state index in [1.165, 1.54) is 0 Å². The normalized spacial score (nSPS) is 11.7. The number of carbonyl (C=O) groups excluding carboxylic acids is 2. The Hall–Kier alpha value is -2.31. The van der Waals surface area contributed by atoms with Crippen LogP contribution < -0.4 is 5.32 Å². The molecule has 0 aliphatic rings. The highest BCUT2D eigenvalue weighted by Crippen LogP contribution is 2.15. The summed E-state index contributed by atoms with van der Waals surface area (Å²) in [6.45, 7) is 5.19. The molecule has 4 nitrogen and oxygen atoms in total. The molecule has 7 heteroatoms. The molecule has 0 saturated carbocycles. The molecule has 0 aliphatic carbocycles. The van der Waals surface area contributed by atoms with E-state index >= 15 is 0 Å². The van der Waals surface area contributed by atoms with Gasteiger partial charge in [0, 0.05) is 12.1 Å². The van der Waals surface area contributed by atoms with Crippen molar-refractivity contribution in [3.63, 3.8) is 0 Å². The van der Waals surface area contributed by atoms with Gasteiger partial charge in [-0.05, 0) is 13.3 Å². The zero-order valence-electron chi connectivity index (χ0n) is 11.5. The summed E-state index contributed by atoms with van der Waals surface area (Å²) in [7, 11) is 1.11. The Balaban J connectivity index is 3.02. The van der Waals surface area contributed by atoms with Crippen LogP contribution in [0, 0.1) is 17.5 Å². The molecule has 1 rings (SSSR count). The van der Waals surface area contributed by atoms with Crippen LogP contribution >= 0.6 is 0 Å². The van der Waals surface area contributed by atoms with Gasteiger partial charge >= 0.3 is 5.97 Å². The van der Waals surface area contributed by atoms with Gasteiger partial charge in [-0.2, -0.15) is 0 Å². The third-order valence-corrected chi connectivity index (χ3v) is 2.58. The largest absolute Gasteiger partial charge is 0.467 e. The van der Waals surface area contributed by atoms with Crippen molar-refractivity contribution >= 4 is 11.9 Å². The van der Waals surface area contributed by atoms with Gasteiger partial charge in [-0.15, -0.1) is 6.58 Å².